The molecule has 27 heavy (non-hydrogen) atoms. The molecule has 1 fully saturated rings. The summed E-state index contributed by atoms with van der Waals surface area (Å²) in [6.45, 7) is 1.09. The molecule has 0 aromatic heterocycles. The Morgan fingerprint density at radius 1 is 1.19 bits per heavy atom. The van der Waals surface area contributed by atoms with Crippen LogP contribution in [0.25, 0.3) is 0 Å². The van der Waals surface area contributed by atoms with Gasteiger partial charge in [0.2, 0.25) is 0 Å². The third kappa shape index (κ3) is 4.98. The van der Waals surface area contributed by atoms with Crippen LogP contribution in [0, 0.1) is 22.7 Å². The third-order valence-electron chi connectivity index (χ3n) is 4.87. The standard InChI is InChI=1S/C20H23N3O4/c1-15(27-17-8-6-16(12-21)7-9-17)19(25)26-13-18(24)23(2)20(14-22)10-4-3-5-11-20/h6-9,15H,3-5,10-11,13H2,1-2H3/t15-/m1/s1. The van der Waals surface area contributed by atoms with Crippen molar-refractivity contribution in [3.05, 3.63) is 29.8 Å². The number of likely N-dealkylation sites (N-methyl/N-ethyl adjacent to an activating group) is 1. The first kappa shape index (κ1) is 20.3. The summed E-state index contributed by atoms with van der Waals surface area (Å²) in [4.78, 5) is 25.9. The highest BCUT2D eigenvalue weighted by molar-refractivity contribution is 5.82. The molecule has 1 aliphatic rings. The van der Waals surface area contributed by atoms with E-state index in [9.17, 15) is 14.9 Å². The smallest absolute Gasteiger partial charge is 0.347 e. The minimum absolute atomic E-state index is 0.405. The number of carbonyl (C=O) groups excluding carboxylic acids is 2. The maximum atomic E-state index is 12.4. The van der Waals surface area contributed by atoms with Gasteiger partial charge >= 0.3 is 5.97 Å². The van der Waals surface area contributed by atoms with Gasteiger partial charge in [-0.1, -0.05) is 19.3 Å². The molecule has 2 rings (SSSR count). The zero-order valence-corrected chi connectivity index (χ0v) is 15.6. The Hall–Kier alpha value is -3.06. The summed E-state index contributed by atoms with van der Waals surface area (Å²) in [5.41, 5.74) is -0.327. The number of amides is 1. The maximum Gasteiger partial charge on any atom is 0.347 e. The van der Waals surface area contributed by atoms with Gasteiger partial charge < -0.3 is 14.4 Å². The number of rotatable bonds is 6. The van der Waals surface area contributed by atoms with E-state index in [4.69, 9.17) is 14.7 Å². The minimum Gasteiger partial charge on any atom is -0.479 e. The Balaban J connectivity index is 1.87. The number of carbonyl (C=O) groups is 2. The molecule has 0 heterocycles. The summed E-state index contributed by atoms with van der Waals surface area (Å²) in [5, 5.41) is 18.3. The second-order valence-corrected chi connectivity index (χ2v) is 6.66. The lowest BCUT2D eigenvalue weighted by molar-refractivity contribution is -0.158. The molecule has 7 nitrogen and oxygen atoms in total. The number of esters is 1. The molecule has 1 amide bonds. The Kier molecular flexibility index (Phi) is 6.79. The molecule has 1 aromatic rings. The third-order valence-corrected chi connectivity index (χ3v) is 4.87. The molecular formula is C20H23N3O4. The van der Waals surface area contributed by atoms with Gasteiger partial charge in [-0.3, -0.25) is 4.79 Å². The van der Waals surface area contributed by atoms with Crippen molar-refractivity contribution in [2.45, 2.75) is 50.7 Å². The number of ether oxygens (including phenoxy) is 2. The largest absolute Gasteiger partial charge is 0.479 e. The number of hydrogen-bond acceptors (Lipinski definition) is 6. The molecule has 142 valence electrons. The van der Waals surface area contributed by atoms with Crippen molar-refractivity contribution in [3.63, 3.8) is 0 Å². The first-order chi connectivity index (χ1) is 12.9. The van der Waals surface area contributed by atoms with Crippen LogP contribution < -0.4 is 4.74 Å². The van der Waals surface area contributed by atoms with Crippen LogP contribution in [0.4, 0.5) is 0 Å². The van der Waals surface area contributed by atoms with Gasteiger partial charge in [0, 0.05) is 7.05 Å². The summed E-state index contributed by atoms with van der Waals surface area (Å²) in [5.74, 6) is -0.652. The maximum absolute atomic E-state index is 12.4. The van der Waals surface area contributed by atoms with Crippen LogP contribution in [-0.2, 0) is 14.3 Å². The van der Waals surface area contributed by atoms with E-state index in [2.05, 4.69) is 6.07 Å². The van der Waals surface area contributed by atoms with Gasteiger partial charge in [-0.25, -0.2) is 4.79 Å². The lowest BCUT2D eigenvalue weighted by Gasteiger charge is -2.38. The van der Waals surface area contributed by atoms with E-state index in [1.54, 1.807) is 31.3 Å². The minimum atomic E-state index is -0.907. The van der Waals surface area contributed by atoms with E-state index in [0.29, 0.717) is 24.2 Å². The van der Waals surface area contributed by atoms with Crippen molar-refractivity contribution in [3.8, 4) is 17.9 Å². The Labute approximate surface area is 159 Å². The van der Waals surface area contributed by atoms with Crippen LogP contribution >= 0.6 is 0 Å². The average Bonchev–Trinajstić information content (AvgIpc) is 2.72. The topological polar surface area (TPSA) is 103 Å². The normalized spacial score (nSPS) is 16.3. The van der Waals surface area contributed by atoms with E-state index < -0.39 is 30.1 Å². The second kappa shape index (κ2) is 9.05. The highest BCUT2D eigenvalue weighted by Crippen LogP contribution is 2.32. The van der Waals surface area contributed by atoms with E-state index in [1.165, 1.54) is 11.8 Å². The second-order valence-electron chi connectivity index (χ2n) is 6.66. The highest BCUT2D eigenvalue weighted by atomic mass is 16.6. The van der Waals surface area contributed by atoms with Gasteiger partial charge in [0.25, 0.3) is 5.91 Å². The molecule has 0 bridgehead atoms. The van der Waals surface area contributed by atoms with Gasteiger partial charge in [-0.2, -0.15) is 10.5 Å². The van der Waals surface area contributed by atoms with Crippen molar-refractivity contribution < 1.29 is 19.1 Å². The van der Waals surface area contributed by atoms with E-state index in [-0.39, 0.29) is 0 Å². The van der Waals surface area contributed by atoms with Gasteiger partial charge in [0.15, 0.2) is 12.7 Å². The lowest BCUT2D eigenvalue weighted by Crippen LogP contribution is -2.51. The van der Waals surface area contributed by atoms with Crippen molar-refractivity contribution in [2.75, 3.05) is 13.7 Å². The molecule has 0 radical (unpaired) electrons. The number of benzene rings is 1. The predicted octanol–water partition coefficient (Wildman–Crippen LogP) is 2.55. The molecule has 1 atom stereocenters. The summed E-state index contributed by atoms with van der Waals surface area (Å²) in [7, 11) is 1.58. The first-order valence-corrected chi connectivity index (χ1v) is 8.93. The molecule has 0 unspecified atom stereocenters. The van der Waals surface area contributed by atoms with Crippen LogP contribution in [0.1, 0.15) is 44.6 Å². The fourth-order valence-electron chi connectivity index (χ4n) is 3.10. The number of hydrogen-bond donors (Lipinski definition) is 0. The lowest BCUT2D eigenvalue weighted by atomic mass is 9.81. The van der Waals surface area contributed by atoms with Crippen LogP contribution in [0.5, 0.6) is 5.75 Å². The van der Waals surface area contributed by atoms with Gasteiger partial charge in [0.05, 0.1) is 17.7 Å². The molecule has 1 saturated carbocycles. The first-order valence-electron chi connectivity index (χ1n) is 8.93. The predicted molar refractivity (Wildman–Crippen MR) is 96.4 cm³/mol. The van der Waals surface area contributed by atoms with E-state index in [1.807, 2.05) is 6.07 Å². The van der Waals surface area contributed by atoms with Crippen LogP contribution in [0.2, 0.25) is 0 Å². The number of nitriles is 2. The van der Waals surface area contributed by atoms with E-state index in [0.717, 1.165) is 19.3 Å². The Morgan fingerprint density at radius 3 is 2.37 bits per heavy atom. The van der Waals surface area contributed by atoms with E-state index >= 15 is 0 Å². The van der Waals surface area contributed by atoms with Crippen molar-refractivity contribution in [2.24, 2.45) is 0 Å². The zero-order chi connectivity index (χ0) is 19.9. The number of nitrogens with zero attached hydrogens (tertiary/aromatic N) is 3. The molecule has 7 heteroatoms. The SMILES string of the molecule is C[C@@H](Oc1ccc(C#N)cc1)C(=O)OCC(=O)N(C)C1(C#N)CCCCC1. The van der Waals surface area contributed by atoms with Gasteiger partial charge in [0.1, 0.15) is 11.3 Å². The van der Waals surface area contributed by atoms with Crippen molar-refractivity contribution in [1.82, 2.24) is 4.90 Å². The molecule has 0 spiro atoms. The van der Waals surface area contributed by atoms with Crippen molar-refractivity contribution in [1.29, 1.82) is 10.5 Å². The zero-order valence-electron chi connectivity index (χ0n) is 15.6. The summed E-state index contributed by atoms with van der Waals surface area (Å²) in [6, 6.07) is 10.6. The Bertz CT molecular complexity index is 755. The molecule has 1 aliphatic carbocycles. The Morgan fingerprint density at radius 2 is 1.81 bits per heavy atom. The summed E-state index contributed by atoms with van der Waals surface area (Å²) >= 11 is 0. The fraction of sp³-hybridized carbons (Fsp3) is 0.500. The van der Waals surface area contributed by atoms with Crippen LogP contribution in [0.15, 0.2) is 24.3 Å². The summed E-state index contributed by atoms with van der Waals surface area (Å²) in [6.07, 6.45) is 3.23. The van der Waals surface area contributed by atoms with Gasteiger partial charge in [-0.15, -0.1) is 0 Å². The van der Waals surface area contributed by atoms with Gasteiger partial charge in [-0.05, 0) is 44.0 Å². The monoisotopic (exact) mass is 369 g/mol. The molecule has 1 aromatic carbocycles. The summed E-state index contributed by atoms with van der Waals surface area (Å²) < 4.78 is 10.5. The molecule has 0 saturated heterocycles. The van der Waals surface area contributed by atoms with Crippen LogP contribution in [0.3, 0.4) is 0 Å². The molecule has 0 aliphatic heterocycles. The molecule has 0 N–H and O–H groups in total. The average molecular weight is 369 g/mol. The van der Waals surface area contributed by atoms with Crippen LogP contribution in [-0.4, -0.2) is 42.1 Å². The molecular weight excluding hydrogens is 346 g/mol. The fourth-order valence-corrected chi connectivity index (χ4v) is 3.10. The quantitative estimate of drug-likeness (QED) is 0.714. The van der Waals surface area contributed by atoms with Crippen molar-refractivity contribution >= 4 is 11.9 Å². The highest BCUT2D eigenvalue weighted by Gasteiger charge is 2.39.